The molecule has 0 bridgehead atoms. The molecule has 0 fully saturated rings. The van der Waals surface area contributed by atoms with E-state index in [0.29, 0.717) is 16.0 Å². The number of anilines is 4. The largest absolute Gasteiger partial charge is 0.497 e. The number of carbonyl (C=O) groups is 1. The first-order valence-corrected chi connectivity index (χ1v) is 9.36. The molecule has 1 unspecified atom stereocenters. The van der Waals surface area contributed by atoms with E-state index in [9.17, 15) is 4.79 Å². The lowest BCUT2D eigenvalue weighted by atomic mass is 10.1. The van der Waals surface area contributed by atoms with E-state index in [0.717, 1.165) is 29.0 Å². The molecule has 1 aliphatic rings. The minimum atomic E-state index is -0.672. The second-order valence-corrected chi connectivity index (χ2v) is 6.96. The second kappa shape index (κ2) is 7.71. The molecule has 0 saturated carbocycles. The maximum absolute atomic E-state index is 11.3. The van der Waals surface area contributed by atoms with Crippen molar-refractivity contribution < 1.29 is 14.4 Å². The lowest BCUT2D eigenvalue weighted by Gasteiger charge is -2.19. The predicted molar refractivity (Wildman–Crippen MR) is 111 cm³/mol. The summed E-state index contributed by atoms with van der Waals surface area (Å²) in [4.78, 5) is 21.4. The van der Waals surface area contributed by atoms with Gasteiger partial charge in [0.25, 0.3) is 0 Å². The van der Waals surface area contributed by atoms with Crippen LogP contribution in [0.15, 0.2) is 60.7 Å². The van der Waals surface area contributed by atoms with Crippen molar-refractivity contribution in [2.24, 2.45) is 0 Å². The van der Waals surface area contributed by atoms with Gasteiger partial charge in [0.15, 0.2) is 28.3 Å². The molecular formula is C20H18N4O3S. The normalized spacial score (nSPS) is 16.0. The number of benzene rings is 2. The van der Waals surface area contributed by atoms with Gasteiger partial charge in [0.05, 0.1) is 12.8 Å². The molecule has 0 spiro atoms. The molecule has 2 aromatic carbocycles. The molecule has 0 aliphatic carbocycles. The fourth-order valence-electron chi connectivity index (χ4n) is 2.80. The molecule has 1 aliphatic heterocycles. The number of nitrogens with two attached hydrogens (primary N) is 1. The van der Waals surface area contributed by atoms with Gasteiger partial charge in [-0.2, -0.15) is 0 Å². The van der Waals surface area contributed by atoms with E-state index in [1.54, 1.807) is 18.2 Å². The number of nitrogen functional groups attached to an aromatic ring is 1. The van der Waals surface area contributed by atoms with E-state index >= 15 is 0 Å². The van der Waals surface area contributed by atoms with Crippen LogP contribution in [0.25, 0.3) is 5.70 Å². The first kappa shape index (κ1) is 18.0. The lowest BCUT2D eigenvalue weighted by molar-refractivity contribution is -0.114. The molecule has 0 saturated heterocycles. The molecule has 0 amide bonds. The molecule has 8 heteroatoms. The highest BCUT2D eigenvalue weighted by Gasteiger charge is 2.30. The van der Waals surface area contributed by atoms with Crippen molar-refractivity contribution in [1.82, 2.24) is 4.98 Å². The molecule has 0 radical (unpaired) electrons. The molecule has 142 valence electrons. The Hall–Kier alpha value is -3.36. The van der Waals surface area contributed by atoms with E-state index < -0.39 is 6.10 Å². The monoisotopic (exact) mass is 394 g/mol. The fourth-order valence-corrected chi connectivity index (χ4v) is 3.67. The average molecular weight is 394 g/mol. The Kier molecular flexibility index (Phi) is 4.96. The Balaban J connectivity index is 1.61. The number of hydroxylamine groups is 1. The van der Waals surface area contributed by atoms with Crippen LogP contribution in [0.5, 0.6) is 5.75 Å². The summed E-state index contributed by atoms with van der Waals surface area (Å²) in [5.41, 5.74) is 8.68. The summed E-state index contributed by atoms with van der Waals surface area (Å²) < 4.78 is 5.17. The van der Waals surface area contributed by atoms with Gasteiger partial charge in [0.2, 0.25) is 0 Å². The molecule has 28 heavy (non-hydrogen) atoms. The lowest BCUT2D eigenvalue weighted by Crippen LogP contribution is -2.20. The highest BCUT2D eigenvalue weighted by Crippen LogP contribution is 2.42. The Morgan fingerprint density at radius 1 is 1.21 bits per heavy atom. The smallest absolute Gasteiger partial charge is 0.191 e. The molecule has 2 heterocycles. The Labute approximate surface area is 166 Å². The SMILES string of the molecule is COc1ccc(Nc2nc(N)c(N3OC(C=O)C=C3c3ccccc3)s2)cc1. The van der Waals surface area contributed by atoms with E-state index in [1.165, 1.54) is 11.3 Å². The van der Waals surface area contributed by atoms with Crippen molar-refractivity contribution in [2.75, 3.05) is 23.2 Å². The van der Waals surface area contributed by atoms with Crippen LogP contribution in [0.1, 0.15) is 5.56 Å². The number of nitrogens with one attached hydrogen (secondary N) is 1. The Morgan fingerprint density at radius 2 is 1.96 bits per heavy atom. The predicted octanol–water partition coefficient (Wildman–Crippen LogP) is 3.84. The minimum absolute atomic E-state index is 0.314. The molecule has 7 nitrogen and oxygen atoms in total. The third kappa shape index (κ3) is 3.55. The number of carbonyl (C=O) groups excluding carboxylic acids is 1. The number of ether oxygens (including phenoxy) is 1. The van der Waals surface area contributed by atoms with Gasteiger partial charge in [0, 0.05) is 11.3 Å². The Bertz CT molecular complexity index is 1000. The van der Waals surface area contributed by atoms with E-state index in [4.69, 9.17) is 15.3 Å². The average Bonchev–Trinajstić information content (AvgIpc) is 3.32. The number of nitrogens with zero attached hydrogens (tertiary/aromatic N) is 2. The minimum Gasteiger partial charge on any atom is -0.497 e. The van der Waals surface area contributed by atoms with Crippen LogP contribution >= 0.6 is 11.3 Å². The summed E-state index contributed by atoms with van der Waals surface area (Å²) in [6.07, 6.45) is 1.84. The van der Waals surface area contributed by atoms with E-state index in [2.05, 4.69) is 10.3 Å². The first-order valence-electron chi connectivity index (χ1n) is 8.55. The van der Waals surface area contributed by atoms with Crippen molar-refractivity contribution in [2.45, 2.75) is 6.10 Å². The zero-order valence-electron chi connectivity index (χ0n) is 15.0. The summed E-state index contributed by atoms with van der Waals surface area (Å²) in [6.45, 7) is 0. The standard InChI is InChI=1S/C20H18N4O3S/c1-26-15-9-7-14(8-10-15)22-20-23-18(21)19(28-20)24-17(11-16(12-25)27-24)13-5-3-2-4-6-13/h2-12,16H,21H2,1H3,(H,22,23). The number of aromatic nitrogens is 1. The van der Waals surface area contributed by atoms with Gasteiger partial charge >= 0.3 is 0 Å². The van der Waals surface area contributed by atoms with Crippen LogP contribution in [0.2, 0.25) is 0 Å². The third-order valence-electron chi connectivity index (χ3n) is 4.13. The van der Waals surface area contributed by atoms with Gasteiger partial charge in [-0.05, 0) is 30.3 Å². The highest BCUT2D eigenvalue weighted by molar-refractivity contribution is 7.20. The van der Waals surface area contributed by atoms with Gasteiger partial charge in [0.1, 0.15) is 5.75 Å². The summed E-state index contributed by atoms with van der Waals surface area (Å²) in [5, 5.41) is 6.01. The maximum Gasteiger partial charge on any atom is 0.191 e. The van der Waals surface area contributed by atoms with Crippen molar-refractivity contribution in [3.05, 3.63) is 66.2 Å². The van der Waals surface area contributed by atoms with Crippen molar-refractivity contribution in [1.29, 1.82) is 0 Å². The van der Waals surface area contributed by atoms with Crippen molar-refractivity contribution >= 4 is 45.0 Å². The van der Waals surface area contributed by atoms with Gasteiger partial charge in [-0.15, -0.1) is 0 Å². The van der Waals surface area contributed by atoms with Gasteiger partial charge in [-0.25, -0.2) is 10.0 Å². The zero-order valence-corrected chi connectivity index (χ0v) is 15.8. The van der Waals surface area contributed by atoms with Gasteiger partial charge in [-0.3, -0.25) is 9.63 Å². The fraction of sp³-hybridized carbons (Fsp3) is 0.100. The first-order chi connectivity index (χ1) is 13.7. The molecular weight excluding hydrogens is 376 g/mol. The third-order valence-corrected chi connectivity index (χ3v) is 5.09. The molecule has 4 rings (SSSR count). The van der Waals surface area contributed by atoms with Crippen LogP contribution in [-0.4, -0.2) is 24.5 Å². The number of thiazole rings is 1. The van der Waals surface area contributed by atoms with Crippen LogP contribution in [0.3, 0.4) is 0 Å². The van der Waals surface area contributed by atoms with Crippen LogP contribution in [0, 0.1) is 0 Å². The molecule has 1 aromatic heterocycles. The van der Waals surface area contributed by atoms with Crippen molar-refractivity contribution in [3.8, 4) is 5.75 Å². The maximum atomic E-state index is 11.3. The zero-order chi connectivity index (χ0) is 19.5. The van der Waals surface area contributed by atoms with Crippen LogP contribution in [-0.2, 0) is 9.63 Å². The number of methoxy groups -OCH3 is 1. The quantitative estimate of drug-likeness (QED) is 0.614. The summed E-state index contributed by atoms with van der Waals surface area (Å²) in [5.74, 6) is 1.09. The Morgan fingerprint density at radius 3 is 2.64 bits per heavy atom. The molecule has 3 N–H and O–H groups in total. The van der Waals surface area contributed by atoms with Crippen molar-refractivity contribution in [3.63, 3.8) is 0 Å². The number of hydrogen-bond donors (Lipinski definition) is 2. The summed E-state index contributed by atoms with van der Waals surface area (Å²) in [6, 6.07) is 17.2. The van der Waals surface area contributed by atoms with Gasteiger partial charge < -0.3 is 15.8 Å². The van der Waals surface area contributed by atoms with Gasteiger partial charge in [-0.1, -0.05) is 41.7 Å². The van der Waals surface area contributed by atoms with E-state index in [-0.39, 0.29) is 0 Å². The van der Waals surface area contributed by atoms with Crippen LogP contribution < -0.4 is 20.9 Å². The molecule has 1 atom stereocenters. The summed E-state index contributed by atoms with van der Waals surface area (Å²) >= 11 is 1.34. The number of aldehydes is 1. The number of hydrogen-bond acceptors (Lipinski definition) is 8. The topological polar surface area (TPSA) is 89.7 Å². The highest BCUT2D eigenvalue weighted by atomic mass is 32.1. The van der Waals surface area contributed by atoms with E-state index in [1.807, 2.05) is 54.6 Å². The van der Waals surface area contributed by atoms with Crippen LogP contribution in [0.4, 0.5) is 21.6 Å². The second-order valence-electron chi connectivity index (χ2n) is 5.98. The number of rotatable bonds is 6. The molecule has 3 aromatic rings. The summed E-state index contributed by atoms with van der Waals surface area (Å²) in [7, 11) is 1.62.